The third-order valence-corrected chi connectivity index (χ3v) is 5.11. The second-order valence-electron chi connectivity index (χ2n) is 5.79. The van der Waals surface area contributed by atoms with Gasteiger partial charge in [-0.15, -0.1) is 23.1 Å². The van der Waals surface area contributed by atoms with Gasteiger partial charge in [0.25, 0.3) is 0 Å². The Bertz CT molecular complexity index is 829. The first-order valence-corrected chi connectivity index (χ1v) is 9.78. The summed E-state index contributed by atoms with van der Waals surface area (Å²) in [6.45, 7) is 4.33. The predicted molar refractivity (Wildman–Crippen MR) is 105 cm³/mol. The molecule has 1 amide bonds. The zero-order valence-electron chi connectivity index (χ0n) is 14.1. The van der Waals surface area contributed by atoms with E-state index in [2.05, 4.69) is 41.3 Å². The van der Waals surface area contributed by atoms with Crippen LogP contribution in [0.5, 0.6) is 0 Å². The van der Waals surface area contributed by atoms with E-state index in [0.717, 1.165) is 17.0 Å². The molecule has 2 heterocycles. The molecule has 0 fully saturated rings. The summed E-state index contributed by atoms with van der Waals surface area (Å²) in [5.41, 5.74) is 2.57. The molecular formula is C19H19N3OS2. The normalized spacial score (nSPS) is 10.8. The van der Waals surface area contributed by atoms with Crippen LogP contribution in [0, 0.1) is 0 Å². The summed E-state index contributed by atoms with van der Waals surface area (Å²) in [6, 6.07) is 13.8. The molecule has 0 unspecified atom stereocenters. The summed E-state index contributed by atoms with van der Waals surface area (Å²) in [6.07, 6.45) is 2.07. The molecule has 4 nitrogen and oxygen atoms in total. The molecule has 2 aromatic heterocycles. The summed E-state index contributed by atoms with van der Waals surface area (Å²) in [7, 11) is 0. The lowest BCUT2D eigenvalue weighted by molar-refractivity contribution is -0.115. The summed E-state index contributed by atoms with van der Waals surface area (Å²) in [5, 5.41) is 5.91. The number of anilines is 1. The highest BCUT2D eigenvalue weighted by Crippen LogP contribution is 2.24. The van der Waals surface area contributed by atoms with Crippen LogP contribution in [-0.4, -0.2) is 21.1 Å². The van der Waals surface area contributed by atoms with E-state index in [1.807, 2.05) is 47.5 Å². The molecule has 0 aliphatic carbocycles. The molecule has 1 aromatic carbocycles. The van der Waals surface area contributed by atoms with Crippen LogP contribution in [-0.2, 0) is 11.2 Å². The summed E-state index contributed by atoms with van der Waals surface area (Å²) in [4.78, 5) is 22.1. The van der Waals surface area contributed by atoms with Gasteiger partial charge in [-0.2, -0.15) is 0 Å². The lowest BCUT2D eigenvalue weighted by atomic mass is 10.1. The van der Waals surface area contributed by atoms with Crippen molar-refractivity contribution in [3.05, 3.63) is 59.6 Å². The van der Waals surface area contributed by atoms with E-state index in [4.69, 9.17) is 0 Å². The van der Waals surface area contributed by atoms with Crippen molar-refractivity contribution in [3.8, 4) is 11.4 Å². The van der Waals surface area contributed by atoms with Crippen molar-refractivity contribution in [1.82, 2.24) is 9.97 Å². The lowest BCUT2D eigenvalue weighted by Crippen LogP contribution is -2.14. The number of thioether (sulfide) groups is 1. The molecule has 0 aliphatic heterocycles. The van der Waals surface area contributed by atoms with E-state index in [1.54, 1.807) is 6.20 Å². The van der Waals surface area contributed by atoms with Crippen molar-refractivity contribution in [1.29, 1.82) is 0 Å². The van der Waals surface area contributed by atoms with Crippen LogP contribution < -0.4 is 5.32 Å². The average molecular weight is 370 g/mol. The zero-order chi connectivity index (χ0) is 17.6. The highest BCUT2D eigenvalue weighted by Gasteiger charge is 2.09. The summed E-state index contributed by atoms with van der Waals surface area (Å²) < 4.78 is 0. The number of pyridine rings is 1. The van der Waals surface area contributed by atoms with Gasteiger partial charge in [0.1, 0.15) is 5.69 Å². The zero-order valence-corrected chi connectivity index (χ0v) is 15.7. The summed E-state index contributed by atoms with van der Waals surface area (Å²) in [5.74, 6) is -0.0637. The minimum atomic E-state index is -0.0637. The van der Waals surface area contributed by atoms with Crippen molar-refractivity contribution < 1.29 is 4.79 Å². The number of hydrogen-bond donors (Lipinski definition) is 1. The molecule has 128 valence electrons. The molecule has 1 N–H and O–H groups in total. The van der Waals surface area contributed by atoms with E-state index in [0.29, 0.717) is 16.8 Å². The number of hydrogen-bond acceptors (Lipinski definition) is 5. The topological polar surface area (TPSA) is 54.9 Å². The number of thiazole rings is 1. The van der Waals surface area contributed by atoms with E-state index < -0.39 is 0 Å². The molecule has 3 rings (SSSR count). The van der Waals surface area contributed by atoms with Crippen molar-refractivity contribution in [2.45, 2.75) is 30.4 Å². The smallest absolute Gasteiger partial charge is 0.230 e. The third kappa shape index (κ3) is 5.14. The highest BCUT2D eigenvalue weighted by atomic mass is 32.2. The lowest BCUT2D eigenvalue weighted by Gasteiger charge is -2.06. The van der Waals surface area contributed by atoms with E-state index in [9.17, 15) is 4.79 Å². The molecule has 0 saturated carbocycles. The molecule has 0 aliphatic rings. The monoisotopic (exact) mass is 369 g/mol. The van der Waals surface area contributed by atoms with Gasteiger partial charge in [0.2, 0.25) is 5.91 Å². The third-order valence-electron chi connectivity index (χ3n) is 3.34. The van der Waals surface area contributed by atoms with E-state index in [-0.39, 0.29) is 5.91 Å². The minimum absolute atomic E-state index is 0.0637. The molecule has 6 heteroatoms. The number of nitrogens with one attached hydrogen (secondary N) is 1. The molecule has 0 spiro atoms. The van der Waals surface area contributed by atoms with Crippen LogP contribution in [0.25, 0.3) is 11.4 Å². The van der Waals surface area contributed by atoms with Gasteiger partial charge < -0.3 is 5.32 Å². The Balaban J connectivity index is 1.58. The average Bonchev–Trinajstić information content (AvgIpc) is 3.05. The van der Waals surface area contributed by atoms with Crippen molar-refractivity contribution >= 4 is 34.1 Å². The number of nitrogens with zero attached hydrogens (tertiary/aromatic N) is 2. The minimum Gasteiger partial charge on any atom is -0.302 e. The van der Waals surface area contributed by atoms with Crippen LogP contribution in [0.2, 0.25) is 0 Å². The van der Waals surface area contributed by atoms with Crippen molar-refractivity contribution in [2.24, 2.45) is 0 Å². The number of amides is 1. The maximum atomic E-state index is 12.2. The number of aromatic nitrogens is 2. The maximum absolute atomic E-state index is 12.2. The van der Waals surface area contributed by atoms with Crippen LogP contribution in [0.4, 0.5) is 5.13 Å². The second-order valence-corrected chi connectivity index (χ2v) is 8.30. The van der Waals surface area contributed by atoms with Gasteiger partial charge in [0.05, 0.1) is 12.1 Å². The Hall–Kier alpha value is -2.18. The van der Waals surface area contributed by atoms with Crippen molar-refractivity contribution in [3.63, 3.8) is 0 Å². The van der Waals surface area contributed by atoms with Crippen LogP contribution >= 0.6 is 23.1 Å². The first-order valence-electron chi connectivity index (χ1n) is 8.02. The number of carbonyl (C=O) groups excluding carboxylic acids is 1. The largest absolute Gasteiger partial charge is 0.302 e. The van der Waals surface area contributed by atoms with Gasteiger partial charge in [0.15, 0.2) is 5.13 Å². The molecule has 0 radical (unpaired) electrons. The molecule has 0 saturated heterocycles. The van der Waals surface area contributed by atoms with E-state index >= 15 is 0 Å². The number of benzene rings is 1. The number of rotatable bonds is 6. The Morgan fingerprint density at radius 1 is 1.16 bits per heavy atom. The quantitative estimate of drug-likeness (QED) is 0.629. The molecule has 0 bridgehead atoms. The van der Waals surface area contributed by atoms with Crippen molar-refractivity contribution in [2.75, 3.05) is 5.32 Å². The Kier molecular flexibility index (Phi) is 5.83. The van der Waals surface area contributed by atoms with Gasteiger partial charge in [-0.05, 0) is 29.8 Å². The van der Waals surface area contributed by atoms with Crippen LogP contribution in [0.3, 0.4) is 0 Å². The van der Waals surface area contributed by atoms with Crippen LogP contribution in [0.15, 0.2) is 58.9 Å². The Morgan fingerprint density at radius 2 is 1.96 bits per heavy atom. The molecule has 0 atom stereocenters. The first-order chi connectivity index (χ1) is 12.1. The predicted octanol–water partition coefficient (Wildman–Crippen LogP) is 4.89. The molecular weight excluding hydrogens is 350 g/mol. The van der Waals surface area contributed by atoms with Crippen LogP contribution in [0.1, 0.15) is 19.4 Å². The SMILES string of the molecule is CC(C)Sc1ccc(CC(=O)Nc2nc(-c3ccccn3)cs2)cc1. The first kappa shape index (κ1) is 17.6. The standard InChI is InChI=1S/C19H19N3OS2/c1-13(2)25-15-8-6-14(7-9-15)11-18(23)22-19-21-17(12-24-19)16-5-3-4-10-20-16/h3-10,12-13H,11H2,1-2H3,(H,21,22,23). The Morgan fingerprint density at radius 3 is 2.64 bits per heavy atom. The van der Waals surface area contributed by atoms with Gasteiger partial charge in [-0.25, -0.2) is 4.98 Å². The molecule has 3 aromatic rings. The fourth-order valence-electron chi connectivity index (χ4n) is 2.27. The highest BCUT2D eigenvalue weighted by molar-refractivity contribution is 7.99. The fourth-order valence-corrected chi connectivity index (χ4v) is 3.83. The van der Waals surface area contributed by atoms with Gasteiger partial charge in [0, 0.05) is 21.7 Å². The Labute approximate surface area is 155 Å². The maximum Gasteiger partial charge on any atom is 0.230 e. The van der Waals surface area contributed by atoms with Gasteiger partial charge in [-0.3, -0.25) is 9.78 Å². The summed E-state index contributed by atoms with van der Waals surface area (Å²) >= 11 is 3.22. The van der Waals surface area contributed by atoms with E-state index in [1.165, 1.54) is 16.2 Å². The van der Waals surface area contributed by atoms with Gasteiger partial charge in [-0.1, -0.05) is 32.0 Å². The van der Waals surface area contributed by atoms with Gasteiger partial charge >= 0.3 is 0 Å². The second kappa shape index (κ2) is 8.27. The molecule has 25 heavy (non-hydrogen) atoms. The number of carbonyl (C=O) groups is 1. The fraction of sp³-hybridized carbons (Fsp3) is 0.211.